The lowest BCUT2D eigenvalue weighted by molar-refractivity contribution is 0.344. The zero-order valence-electron chi connectivity index (χ0n) is 8.52. The molecule has 0 heteroatoms. The Kier molecular flexibility index (Phi) is 3.30. The van der Waals surface area contributed by atoms with Crippen molar-refractivity contribution in [2.24, 2.45) is 11.8 Å². The van der Waals surface area contributed by atoms with Crippen molar-refractivity contribution in [3.63, 3.8) is 0 Å². The lowest BCUT2D eigenvalue weighted by Gasteiger charge is -2.19. The second-order valence-corrected chi connectivity index (χ2v) is 4.59. The van der Waals surface area contributed by atoms with Crippen LogP contribution in [0, 0.1) is 23.7 Å². The highest BCUT2D eigenvalue weighted by atomic mass is 14.3. The molecule has 0 saturated heterocycles. The Hall–Kier alpha value is -0.440. The summed E-state index contributed by atoms with van der Waals surface area (Å²) in [5, 5.41) is 0. The summed E-state index contributed by atoms with van der Waals surface area (Å²) in [5.74, 6) is 8.43. The zero-order valence-corrected chi connectivity index (χ0v) is 8.52. The van der Waals surface area contributed by atoms with Crippen LogP contribution < -0.4 is 0 Å². The van der Waals surface area contributed by atoms with Crippen molar-refractivity contribution >= 4 is 0 Å². The first-order valence-electron chi connectivity index (χ1n) is 5.95. The van der Waals surface area contributed by atoms with Crippen LogP contribution in [0.3, 0.4) is 0 Å². The summed E-state index contributed by atoms with van der Waals surface area (Å²) in [6.07, 6.45) is 12.7. The minimum atomic E-state index is 0.776. The summed E-state index contributed by atoms with van der Waals surface area (Å²) in [7, 11) is 0. The SMILES string of the molecule is C1#C[C@H]2CCCCCCCCC2C1. The van der Waals surface area contributed by atoms with Gasteiger partial charge in [0.25, 0.3) is 0 Å². The van der Waals surface area contributed by atoms with Gasteiger partial charge in [0.2, 0.25) is 0 Å². The predicted octanol–water partition coefficient (Wildman–Crippen LogP) is 3.76. The Morgan fingerprint density at radius 1 is 0.769 bits per heavy atom. The topological polar surface area (TPSA) is 0 Å². The lowest BCUT2D eigenvalue weighted by Crippen LogP contribution is -2.10. The van der Waals surface area contributed by atoms with Gasteiger partial charge in [0.15, 0.2) is 0 Å². The molecule has 0 spiro atoms. The average molecular weight is 176 g/mol. The van der Waals surface area contributed by atoms with Gasteiger partial charge in [-0.25, -0.2) is 0 Å². The van der Waals surface area contributed by atoms with E-state index in [1.807, 2.05) is 0 Å². The predicted molar refractivity (Wildman–Crippen MR) is 56.3 cm³/mol. The van der Waals surface area contributed by atoms with Gasteiger partial charge in [-0.15, -0.1) is 5.92 Å². The van der Waals surface area contributed by atoms with Gasteiger partial charge in [0, 0.05) is 12.3 Å². The minimum Gasteiger partial charge on any atom is -0.103 e. The lowest BCUT2D eigenvalue weighted by atomic mass is 9.85. The van der Waals surface area contributed by atoms with Gasteiger partial charge in [-0.3, -0.25) is 0 Å². The molecule has 0 radical (unpaired) electrons. The highest BCUT2D eigenvalue weighted by molar-refractivity contribution is 5.13. The second kappa shape index (κ2) is 4.70. The van der Waals surface area contributed by atoms with E-state index in [1.54, 1.807) is 0 Å². The van der Waals surface area contributed by atoms with E-state index < -0.39 is 0 Å². The number of hydrogen-bond acceptors (Lipinski definition) is 0. The van der Waals surface area contributed by atoms with Gasteiger partial charge in [-0.1, -0.05) is 44.4 Å². The number of hydrogen-bond donors (Lipinski definition) is 0. The van der Waals surface area contributed by atoms with Crippen LogP contribution in [0.2, 0.25) is 0 Å². The van der Waals surface area contributed by atoms with E-state index in [1.165, 1.54) is 57.8 Å². The maximum atomic E-state index is 3.42. The number of rotatable bonds is 0. The van der Waals surface area contributed by atoms with Crippen molar-refractivity contribution in [3.05, 3.63) is 0 Å². The minimum absolute atomic E-state index is 0.776. The fourth-order valence-electron chi connectivity index (χ4n) is 2.67. The summed E-state index contributed by atoms with van der Waals surface area (Å²) in [6, 6.07) is 0. The van der Waals surface area contributed by atoms with Crippen LogP contribution in [-0.2, 0) is 0 Å². The van der Waals surface area contributed by atoms with E-state index in [9.17, 15) is 0 Å². The fourth-order valence-corrected chi connectivity index (χ4v) is 2.67. The molecule has 1 unspecified atom stereocenters. The molecular formula is C13H20. The monoisotopic (exact) mass is 176 g/mol. The summed E-state index contributed by atoms with van der Waals surface area (Å²) in [4.78, 5) is 0. The number of fused-ring (bicyclic) bond motifs is 1. The maximum Gasteiger partial charge on any atom is 0.0240 e. The van der Waals surface area contributed by atoms with Crippen LogP contribution in [0.15, 0.2) is 0 Å². The van der Waals surface area contributed by atoms with E-state index in [-0.39, 0.29) is 0 Å². The first-order chi connectivity index (χ1) is 6.47. The Bertz CT molecular complexity index is 206. The van der Waals surface area contributed by atoms with E-state index in [4.69, 9.17) is 0 Å². The van der Waals surface area contributed by atoms with E-state index in [0.717, 1.165) is 11.8 Å². The van der Waals surface area contributed by atoms with Crippen molar-refractivity contribution in [1.29, 1.82) is 0 Å². The molecule has 0 aromatic rings. The van der Waals surface area contributed by atoms with Gasteiger partial charge in [-0.2, -0.15) is 0 Å². The third-order valence-electron chi connectivity index (χ3n) is 3.56. The van der Waals surface area contributed by atoms with Crippen LogP contribution in [0.1, 0.15) is 57.8 Å². The molecule has 1 fully saturated rings. The van der Waals surface area contributed by atoms with Crippen molar-refractivity contribution in [1.82, 2.24) is 0 Å². The average Bonchev–Trinajstić information content (AvgIpc) is 2.59. The molecule has 72 valence electrons. The van der Waals surface area contributed by atoms with Gasteiger partial charge < -0.3 is 0 Å². The fraction of sp³-hybridized carbons (Fsp3) is 0.846. The maximum absolute atomic E-state index is 3.42. The van der Waals surface area contributed by atoms with Crippen LogP contribution in [0.25, 0.3) is 0 Å². The Labute approximate surface area is 82.1 Å². The Morgan fingerprint density at radius 2 is 1.46 bits per heavy atom. The molecule has 2 rings (SSSR count). The standard InChI is InChI=1S/C13H20/c1-2-4-6-9-13-11-7-10-12(13)8-5-3-1/h12-13H,1-6,8-10H2/t12?,13-/m1/s1. The van der Waals surface area contributed by atoms with Gasteiger partial charge >= 0.3 is 0 Å². The van der Waals surface area contributed by atoms with Crippen LogP contribution in [0.4, 0.5) is 0 Å². The molecule has 0 aliphatic heterocycles. The van der Waals surface area contributed by atoms with Gasteiger partial charge in [-0.05, 0) is 18.8 Å². The van der Waals surface area contributed by atoms with Crippen molar-refractivity contribution in [3.8, 4) is 11.8 Å². The first-order valence-corrected chi connectivity index (χ1v) is 5.95. The molecule has 2 aliphatic rings. The second-order valence-electron chi connectivity index (χ2n) is 4.59. The third-order valence-corrected chi connectivity index (χ3v) is 3.56. The quantitative estimate of drug-likeness (QED) is 0.493. The molecule has 0 aromatic heterocycles. The van der Waals surface area contributed by atoms with E-state index >= 15 is 0 Å². The van der Waals surface area contributed by atoms with Crippen LogP contribution in [-0.4, -0.2) is 0 Å². The normalized spacial score (nSPS) is 34.5. The highest BCUT2D eigenvalue weighted by Gasteiger charge is 2.22. The highest BCUT2D eigenvalue weighted by Crippen LogP contribution is 2.31. The van der Waals surface area contributed by atoms with Crippen LogP contribution in [0.5, 0.6) is 0 Å². The summed E-state index contributed by atoms with van der Waals surface area (Å²) >= 11 is 0. The molecule has 0 nitrogen and oxygen atoms in total. The first kappa shape index (κ1) is 9.13. The van der Waals surface area contributed by atoms with Crippen molar-refractivity contribution < 1.29 is 0 Å². The summed E-state index contributed by atoms with van der Waals surface area (Å²) in [6.45, 7) is 0. The third kappa shape index (κ3) is 2.50. The molecular weight excluding hydrogens is 156 g/mol. The molecule has 0 bridgehead atoms. The van der Waals surface area contributed by atoms with Crippen molar-refractivity contribution in [2.75, 3.05) is 0 Å². The molecule has 0 amide bonds. The van der Waals surface area contributed by atoms with E-state index in [0.29, 0.717) is 0 Å². The molecule has 2 atom stereocenters. The summed E-state index contributed by atoms with van der Waals surface area (Å²) < 4.78 is 0. The molecule has 2 aliphatic carbocycles. The van der Waals surface area contributed by atoms with Crippen LogP contribution >= 0.6 is 0 Å². The molecule has 0 heterocycles. The Morgan fingerprint density at radius 3 is 2.31 bits per heavy atom. The molecule has 0 N–H and O–H groups in total. The molecule has 13 heavy (non-hydrogen) atoms. The molecule has 1 saturated carbocycles. The van der Waals surface area contributed by atoms with Gasteiger partial charge in [0.05, 0.1) is 0 Å². The van der Waals surface area contributed by atoms with Gasteiger partial charge in [0.1, 0.15) is 0 Å². The largest absolute Gasteiger partial charge is 0.103 e. The van der Waals surface area contributed by atoms with E-state index in [2.05, 4.69) is 11.8 Å². The summed E-state index contributed by atoms with van der Waals surface area (Å²) in [5.41, 5.74) is 0. The molecule has 0 aromatic carbocycles. The Balaban J connectivity index is 1.86. The van der Waals surface area contributed by atoms with Crippen molar-refractivity contribution in [2.45, 2.75) is 57.8 Å². The zero-order chi connectivity index (χ0) is 8.93. The smallest absolute Gasteiger partial charge is 0.0240 e.